The number of nitrogens with zero attached hydrogens (tertiary/aromatic N) is 2. The molecule has 1 aromatic heterocycles. The molecular formula is C12H14N2O4. The maximum absolute atomic E-state index is 12.2. The zero-order chi connectivity index (χ0) is 13.5. The van der Waals surface area contributed by atoms with Gasteiger partial charge in [-0.25, -0.2) is 0 Å². The Morgan fingerprint density at radius 2 is 2.33 bits per heavy atom. The highest BCUT2D eigenvalue weighted by Gasteiger charge is 2.20. The number of carboxylic acids is 1. The predicted molar refractivity (Wildman–Crippen MR) is 64.5 cm³/mol. The predicted octanol–water partition coefficient (Wildman–Crippen LogP) is 0.803. The van der Waals surface area contributed by atoms with E-state index in [-0.39, 0.29) is 12.1 Å². The van der Waals surface area contributed by atoms with Crippen LogP contribution in [0.1, 0.15) is 10.4 Å². The van der Waals surface area contributed by atoms with Crippen LogP contribution in [-0.2, 0) is 4.79 Å². The first-order valence-electron chi connectivity index (χ1n) is 5.20. The third-order valence-corrected chi connectivity index (χ3v) is 2.20. The summed E-state index contributed by atoms with van der Waals surface area (Å²) in [5, 5.41) is 8.76. The molecule has 1 heterocycles. The highest BCUT2D eigenvalue weighted by atomic mass is 16.5. The van der Waals surface area contributed by atoms with E-state index < -0.39 is 18.4 Å². The summed E-state index contributed by atoms with van der Waals surface area (Å²) in [5.41, 5.74) is 0.274. The smallest absolute Gasteiger partial charge is 0.323 e. The van der Waals surface area contributed by atoms with E-state index in [1.54, 1.807) is 0 Å². The van der Waals surface area contributed by atoms with E-state index in [0.717, 1.165) is 4.90 Å². The number of hydrogen-bond donors (Lipinski definition) is 1. The van der Waals surface area contributed by atoms with Crippen molar-refractivity contribution in [2.45, 2.75) is 0 Å². The summed E-state index contributed by atoms with van der Waals surface area (Å²) in [6.07, 6.45) is 4.32. The largest absolute Gasteiger partial charge is 0.494 e. The lowest BCUT2D eigenvalue weighted by atomic mass is 10.2. The summed E-state index contributed by atoms with van der Waals surface area (Å²) in [6.45, 7) is 3.25. The lowest BCUT2D eigenvalue weighted by molar-refractivity contribution is -0.137. The van der Waals surface area contributed by atoms with Crippen molar-refractivity contribution in [3.63, 3.8) is 0 Å². The first-order valence-corrected chi connectivity index (χ1v) is 5.20. The van der Waals surface area contributed by atoms with Gasteiger partial charge in [-0.1, -0.05) is 6.08 Å². The van der Waals surface area contributed by atoms with Gasteiger partial charge in [-0.3, -0.25) is 14.6 Å². The minimum atomic E-state index is -1.08. The Bertz CT molecular complexity index is 459. The summed E-state index contributed by atoms with van der Waals surface area (Å²) in [4.78, 5) is 27.9. The first-order chi connectivity index (χ1) is 8.60. The molecular weight excluding hydrogens is 236 g/mol. The zero-order valence-corrected chi connectivity index (χ0v) is 10.00. The Morgan fingerprint density at radius 1 is 1.61 bits per heavy atom. The molecule has 1 aromatic rings. The van der Waals surface area contributed by atoms with Crippen molar-refractivity contribution in [3.05, 3.63) is 36.7 Å². The maximum Gasteiger partial charge on any atom is 0.323 e. The number of amides is 1. The third-order valence-electron chi connectivity index (χ3n) is 2.20. The fourth-order valence-corrected chi connectivity index (χ4v) is 1.43. The summed E-state index contributed by atoms with van der Waals surface area (Å²) in [7, 11) is 1.42. The fraction of sp³-hybridized carbons (Fsp3) is 0.250. The Labute approximate surface area is 105 Å². The molecule has 0 aliphatic rings. The third kappa shape index (κ3) is 3.31. The molecule has 0 aromatic carbocycles. The van der Waals surface area contributed by atoms with E-state index in [1.165, 1.54) is 31.6 Å². The molecule has 0 saturated carbocycles. The van der Waals surface area contributed by atoms with Gasteiger partial charge >= 0.3 is 5.97 Å². The molecule has 0 atom stereocenters. The van der Waals surface area contributed by atoms with Crippen LogP contribution < -0.4 is 4.74 Å². The van der Waals surface area contributed by atoms with Gasteiger partial charge in [-0.15, -0.1) is 6.58 Å². The zero-order valence-electron chi connectivity index (χ0n) is 10.00. The molecule has 0 radical (unpaired) electrons. The number of ether oxygens (including phenoxy) is 1. The Hall–Kier alpha value is -2.37. The number of pyridine rings is 1. The number of aromatic nitrogens is 1. The number of rotatable bonds is 6. The Balaban J connectivity index is 3.00. The second-order valence-electron chi connectivity index (χ2n) is 3.44. The lowest BCUT2D eigenvalue weighted by Gasteiger charge is -2.19. The molecule has 6 nitrogen and oxygen atoms in total. The Kier molecular flexibility index (Phi) is 4.86. The van der Waals surface area contributed by atoms with Gasteiger partial charge in [0.05, 0.1) is 18.9 Å². The van der Waals surface area contributed by atoms with Crippen molar-refractivity contribution in [3.8, 4) is 5.75 Å². The Morgan fingerprint density at radius 3 is 2.89 bits per heavy atom. The van der Waals surface area contributed by atoms with Gasteiger partial charge in [0, 0.05) is 12.7 Å². The number of carbonyl (C=O) groups is 2. The van der Waals surface area contributed by atoms with Crippen LogP contribution in [0, 0.1) is 0 Å². The van der Waals surface area contributed by atoms with Crippen molar-refractivity contribution >= 4 is 11.9 Å². The fourth-order valence-electron chi connectivity index (χ4n) is 1.43. The molecule has 0 saturated heterocycles. The molecule has 0 spiro atoms. The maximum atomic E-state index is 12.2. The van der Waals surface area contributed by atoms with Crippen molar-refractivity contribution in [2.75, 3.05) is 20.2 Å². The number of carbonyl (C=O) groups excluding carboxylic acids is 1. The molecule has 0 aliphatic carbocycles. The van der Waals surface area contributed by atoms with Gasteiger partial charge in [0.25, 0.3) is 5.91 Å². The SMILES string of the molecule is C=CCN(CC(=O)O)C(=O)c1ccncc1OC. The molecule has 96 valence electrons. The van der Waals surface area contributed by atoms with Gasteiger partial charge in [0.1, 0.15) is 12.3 Å². The molecule has 0 aliphatic heterocycles. The number of aliphatic carboxylic acids is 1. The summed E-state index contributed by atoms with van der Waals surface area (Å²) < 4.78 is 5.02. The molecule has 1 amide bonds. The van der Waals surface area contributed by atoms with E-state index in [2.05, 4.69) is 11.6 Å². The van der Waals surface area contributed by atoms with Crippen LogP contribution in [0.5, 0.6) is 5.75 Å². The average Bonchev–Trinajstić information content (AvgIpc) is 2.37. The molecule has 6 heteroatoms. The molecule has 1 N–H and O–H groups in total. The number of hydrogen-bond acceptors (Lipinski definition) is 4. The minimum absolute atomic E-state index is 0.149. The average molecular weight is 250 g/mol. The van der Waals surface area contributed by atoms with E-state index in [4.69, 9.17) is 9.84 Å². The summed E-state index contributed by atoms with van der Waals surface area (Å²) in [5.74, 6) is -1.21. The van der Waals surface area contributed by atoms with Crippen LogP contribution in [0.2, 0.25) is 0 Å². The highest BCUT2D eigenvalue weighted by Crippen LogP contribution is 2.17. The topological polar surface area (TPSA) is 79.7 Å². The molecule has 0 bridgehead atoms. The first kappa shape index (κ1) is 13.7. The van der Waals surface area contributed by atoms with Crippen molar-refractivity contribution in [2.24, 2.45) is 0 Å². The normalized spacial score (nSPS) is 9.61. The van der Waals surface area contributed by atoms with Gasteiger partial charge in [-0.2, -0.15) is 0 Å². The quantitative estimate of drug-likeness (QED) is 0.755. The highest BCUT2D eigenvalue weighted by molar-refractivity contribution is 5.98. The lowest BCUT2D eigenvalue weighted by Crippen LogP contribution is -2.36. The van der Waals surface area contributed by atoms with E-state index in [1.807, 2.05) is 0 Å². The standard InChI is InChI=1S/C12H14N2O4/c1-3-6-14(8-11(15)16)12(17)9-4-5-13-7-10(9)18-2/h3-5,7H,1,6,8H2,2H3,(H,15,16). The van der Waals surface area contributed by atoms with E-state index in [9.17, 15) is 9.59 Å². The number of carboxylic acid groups (broad SMARTS) is 1. The van der Waals surface area contributed by atoms with Crippen LogP contribution >= 0.6 is 0 Å². The molecule has 0 unspecified atom stereocenters. The van der Waals surface area contributed by atoms with Crippen LogP contribution in [-0.4, -0.2) is 47.1 Å². The van der Waals surface area contributed by atoms with Crippen LogP contribution in [0.25, 0.3) is 0 Å². The van der Waals surface area contributed by atoms with Gasteiger partial charge in [0.15, 0.2) is 0 Å². The van der Waals surface area contributed by atoms with Crippen molar-refractivity contribution in [1.29, 1.82) is 0 Å². The van der Waals surface area contributed by atoms with Gasteiger partial charge in [0.2, 0.25) is 0 Å². The second kappa shape index (κ2) is 6.39. The second-order valence-corrected chi connectivity index (χ2v) is 3.44. The van der Waals surface area contributed by atoms with Crippen LogP contribution in [0.15, 0.2) is 31.1 Å². The molecule has 0 fully saturated rings. The van der Waals surface area contributed by atoms with Gasteiger partial charge in [-0.05, 0) is 6.07 Å². The molecule has 1 rings (SSSR count). The van der Waals surface area contributed by atoms with E-state index >= 15 is 0 Å². The minimum Gasteiger partial charge on any atom is -0.494 e. The summed E-state index contributed by atoms with van der Waals surface area (Å²) in [6, 6.07) is 1.49. The van der Waals surface area contributed by atoms with Crippen molar-refractivity contribution in [1.82, 2.24) is 9.88 Å². The monoisotopic (exact) mass is 250 g/mol. The van der Waals surface area contributed by atoms with Crippen LogP contribution in [0.3, 0.4) is 0 Å². The van der Waals surface area contributed by atoms with Crippen LogP contribution in [0.4, 0.5) is 0 Å². The van der Waals surface area contributed by atoms with E-state index in [0.29, 0.717) is 5.75 Å². The number of methoxy groups -OCH3 is 1. The van der Waals surface area contributed by atoms with Crippen molar-refractivity contribution < 1.29 is 19.4 Å². The summed E-state index contributed by atoms with van der Waals surface area (Å²) >= 11 is 0. The van der Waals surface area contributed by atoms with Gasteiger partial charge < -0.3 is 14.7 Å². The molecule has 18 heavy (non-hydrogen) atoms.